The summed E-state index contributed by atoms with van der Waals surface area (Å²) < 4.78 is 14.9. The highest BCUT2D eigenvalue weighted by molar-refractivity contribution is 9.10. The molecule has 20 heavy (non-hydrogen) atoms. The largest absolute Gasteiger partial charge is 0.313 e. The van der Waals surface area contributed by atoms with Gasteiger partial charge < -0.3 is 5.32 Å². The van der Waals surface area contributed by atoms with E-state index in [0.29, 0.717) is 12.0 Å². The topological polar surface area (TPSA) is 12.0 Å². The van der Waals surface area contributed by atoms with Crippen LogP contribution in [0.15, 0.2) is 22.7 Å². The SMILES string of the molecule is CCCNC(Cc1ccc(Br)cc1F)C1CCCCC1. The fourth-order valence-corrected chi connectivity index (χ4v) is 3.53. The fraction of sp³-hybridized carbons (Fsp3) is 0.647. The molecule has 0 saturated heterocycles. The predicted molar refractivity (Wildman–Crippen MR) is 86.5 cm³/mol. The van der Waals surface area contributed by atoms with Gasteiger partial charge in [-0.15, -0.1) is 0 Å². The van der Waals surface area contributed by atoms with Crippen LogP contribution in [-0.2, 0) is 6.42 Å². The van der Waals surface area contributed by atoms with Gasteiger partial charge >= 0.3 is 0 Å². The van der Waals surface area contributed by atoms with Crippen LogP contribution in [0.5, 0.6) is 0 Å². The zero-order valence-electron chi connectivity index (χ0n) is 12.3. The molecule has 1 aromatic carbocycles. The number of hydrogen-bond donors (Lipinski definition) is 1. The molecule has 3 heteroatoms. The summed E-state index contributed by atoms with van der Waals surface area (Å²) in [5.41, 5.74) is 0.840. The van der Waals surface area contributed by atoms with E-state index in [4.69, 9.17) is 0 Å². The Labute approximate surface area is 130 Å². The lowest BCUT2D eigenvalue weighted by molar-refractivity contribution is 0.266. The highest BCUT2D eigenvalue weighted by atomic mass is 79.9. The third-order valence-electron chi connectivity index (χ3n) is 4.33. The third-order valence-corrected chi connectivity index (χ3v) is 4.82. The molecule has 2 rings (SSSR count). The van der Waals surface area contributed by atoms with E-state index in [9.17, 15) is 4.39 Å². The molecule has 0 bridgehead atoms. The maximum absolute atomic E-state index is 14.0. The second-order valence-electron chi connectivity index (χ2n) is 5.90. The van der Waals surface area contributed by atoms with Crippen LogP contribution in [0.3, 0.4) is 0 Å². The number of hydrogen-bond acceptors (Lipinski definition) is 1. The van der Waals surface area contributed by atoms with E-state index < -0.39 is 0 Å². The Morgan fingerprint density at radius 2 is 2.05 bits per heavy atom. The van der Waals surface area contributed by atoms with Crippen molar-refractivity contribution in [2.45, 2.75) is 57.9 Å². The maximum Gasteiger partial charge on any atom is 0.127 e. The molecule has 0 radical (unpaired) electrons. The minimum absolute atomic E-state index is 0.0847. The zero-order valence-corrected chi connectivity index (χ0v) is 13.9. The van der Waals surface area contributed by atoms with Gasteiger partial charge in [-0.2, -0.15) is 0 Å². The average molecular weight is 342 g/mol. The van der Waals surface area contributed by atoms with Gasteiger partial charge in [-0.1, -0.05) is 48.2 Å². The molecule has 0 aromatic heterocycles. The van der Waals surface area contributed by atoms with E-state index in [0.717, 1.165) is 29.4 Å². The number of benzene rings is 1. The summed E-state index contributed by atoms with van der Waals surface area (Å²) in [6.45, 7) is 3.21. The lowest BCUT2D eigenvalue weighted by Crippen LogP contribution is -2.39. The minimum Gasteiger partial charge on any atom is -0.313 e. The summed E-state index contributed by atoms with van der Waals surface area (Å²) in [6, 6.07) is 5.86. The van der Waals surface area contributed by atoms with Crippen molar-refractivity contribution in [2.24, 2.45) is 5.92 Å². The van der Waals surface area contributed by atoms with Gasteiger partial charge in [0.05, 0.1) is 0 Å². The van der Waals surface area contributed by atoms with Gasteiger partial charge in [0.1, 0.15) is 5.82 Å². The van der Waals surface area contributed by atoms with Crippen LogP contribution < -0.4 is 5.32 Å². The highest BCUT2D eigenvalue weighted by Gasteiger charge is 2.24. The molecule has 0 heterocycles. The molecule has 0 amide bonds. The van der Waals surface area contributed by atoms with Crippen LogP contribution >= 0.6 is 15.9 Å². The molecule has 1 aromatic rings. The highest BCUT2D eigenvalue weighted by Crippen LogP contribution is 2.29. The van der Waals surface area contributed by atoms with Crippen LogP contribution in [0.4, 0.5) is 4.39 Å². The average Bonchev–Trinajstić information content (AvgIpc) is 2.46. The van der Waals surface area contributed by atoms with E-state index in [1.54, 1.807) is 6.07 Å². The second kappa shape index (κ2) is 8.14. The molecule has 1 fully saturated rings. The van der Waals surface area contributed by atoms with Crippen molar-refractivity contribution < 1.29 is 4.39 Å². The first-order valence-corrected chi connectivity index (χ1v) is 8.67. The van der Waals surface area contributed by atoms with Crippen molar-refractivity contribution in [3.63, 3.8) is 0 Å². The fourth-order valence-electron chi connectivity index (χ4n) is 3.20. The van der Waals surface area contributed by atoms with Gasteiger partial charge in [-0.3, -0.25) is 0 Å². The van der Waals surface area contributed by atoms with Crippen molar-refractivity contribution in [1.82, 2.24) is 5.32 Å². The van der Waals surface area contributed by atoms with Crippen molar-refractivity contribution in [3.8, 4) is 0 Å². The standard InChI is InChI=1S/C17H25BrFN/c1-2-10-20-17(13-6-4-3-5-7-13)11-14-8-9-15(18)12-16(14)19/h8-9,12-13,17,20H,2-7,10-11H2,1H3. The minimum atomic E-state index is -0.0847. The Balaban J connectivity index is 2.05. The van der Waals surface area contributed by atoms with Gasteiger partial charge in [0.15, 0.2) is 0 Å². The summed E-state index contributed by atoms with van der Waals surface area (Å²) in [6.07, 6.45) is 8.55. The molecule has 1 saturated carbocycles. The quantitative estimate of drug-likeness (QED) is 0.760. The Kier molecular flexibility index (Phi) is 6.50. The molecule has 112 valence electrons. The zero-order chi connectivity index (χ0) is 14.4. The first kappa shape index (κ1) is 16.0. The molecular weight excluding hydrogens is 317 g/mol. The van der Waals surface area contributed by atoms with E-state index in [-0.39, 0.29) is 5.82 Å². The Bertz CT molecular complexity index is 415. The summed E-state index contributed by atoms with van der Waals surface area (Å²) in [5.74, 6) is 0.622. The molecule has 1 N–H and O–H groups in total. The van der Waals surface area contributed by atoms with Crippen LogP contribution in [0, 0.1) is 11.7 Å². The molecule has 1 aliphatic carbocycles. The molecule has 1 aliphatic rings. The monoisotopic (exact) mass is 341 g/mol. The third kappa shape index (κ3) is 4.56. The molecule has 0 aliphatic heterocycles. The number of halogens is 2. The van der Waals surface area contributed by atoms with Crippen LogP contribution in [0.25, 0.3) is 0 Å². The van der Waals surface area contributed by atoms with E-state index in [1.165, 1.54) is 32.1 Å². The summed E-state index contributed by atoms with van der Waals surface area (Å²) in [5, 5.41) is 3.65. The van der Waals surface area contributed by atoms with Crippen LogP contribution in [-0.4, -0.2) is 12.6 Å². The van der Waals surface area contributed by atoms with Crippen LogP contribution in [0.2, 0.25) is 0 Å². The normalized spacial score (nSPS) is 18.1. The van der Waals surface area contributed by atoms with Gasteiger partial charge in [0.2, 0.25) is 0 Å². The van der Waals surface area contributed by atoms with E-state index >= 15 is 0 Å². The predicted octanol–water partition coefficient (Wildman–Crippen LogP) is 5.08. The second-order valence-corrected chi connectivity index (χ2v) is 6.81. The Morgan fingerprint density at radius 3 is 2.70 bits per heavy atom. The first-order valence-electron chi connectivity index (χ1n) is 7.88. The molecule has 1 atom stereocenters. The van der Waals surface area contributed by atoms with Crippen molar-refractivity contribution >= 4 is 15.9 Å². The molecular formula is C17H25BrFN. The van der Waals surface area contributed by atoms with Crippen LogP contribution in [0.1, 0.15) is 51.0 Å². The van der Waals surface area contributed by atoms with Gasteiger partial charge in [0.25, 0.3) is 0 Å². The van der Waals surface area contributed by atoms with Crippen molar-refractivity contribution in [1.29, 1.82) is 0 Å². The lowest BCUT2D eigenvalue weighted by atomic mass is 9.81. The number of nitrogens with one attached hydrogen (secondary N) is 1. The first-order chi connectivity index (χ1) is 9.70. The van der Waals surface area contributed by atoms with E-state index in [2.05, 4.69) is 28.2 Å². The summed E-state index contributed by atoms with van der Waals surface area (Å²) >= 11 is 3.33. The molecule has 1 nitrogen and oxygen atoms in total. The Morgan fingerprint density at radius 1 is 1.30 bits per heavy atom. The maximum atomic E-state index is 14.0. The van der Waals surface area contributed by atoms with Gasteiger partial charge in [-0.05, 0) is 55.8 Å². The molecule has 0 spiro atoms. The Hall–Kier alpha value is -0.410. The van der Waals surface area contributed by atoms with Gasteiger partial charge in [0, 0.05) is 10.5 Å². The van der Waals surface area contributed by atoms with Gasteiger partial charge in [-0.25, -0.2) is 4.39 Å². The van der Waals surface area contributed by atoms with Crippen molar-refractivity contribution in [3.05, 3.63) is 34.1 Å². The summed E-state index contributed by atoms with van der Waals surface area (Å²) in [4.78, 5) is 0. The molecule has 1 unspecified atom stereocenters. The summed E-state index contributed by atoms with van der Waals surface area (Å²) in [7, 11) is 0. The van der Waals surface area contributed by atoms with E-state index in [1.807, 2.05) is 12.1 Å². The number of rotatable bonds is 6. The lowest BCUT2D eigenvalue weighted by Gasteiger charge is -2.31. The van der Waals surface area contributed by atoms with Crippen molar-refractivity contribution in [2.75, 3.05) is 6.54 Å². The smallest absolute Gasteiger partial charge is 0.127 e.